The van der Waals surface area contributed by atoms with Gasteiger partial charge in [-0.15, -0.1) is 0 Å². The molecule has 1 amide bonds. The van der Waals surface area contributed by atoms with Gasteiger partial charge in [0, 0.05) is 12.0 Å². The third kappa shape index (κ3) is 3.67. The fraction of sp³-hybridized carbons (Fsp3) is 0.562. The van der Waals surface area contributed by atoms with Crippen molar-refractivity contribution >= 4 is 11.6 Å². The molecule has 1 fully saturated rings. The number of hydrogen-bond acceptors (Lipinski definition) is 4. The smallest absolute Gasteiger partial charge is 0.227 e. The molecule has 2 unspecified atom stereocenters. The Labute approximate surface area is 125 Å². The molecule has 2 rings (SSSR count). The maximum absolute atomic E-state index is 12.5. The van der Waals surface area contributed by atoms with Crippen LogP contribution in [-0.2, 0) is 4.79 Å². The second-order valence-corrected chi connectivity index (χ2v) is 5.44. The predicted molar refractivity (Wildman–Crippen MR) is 82.7 cm³/mol. The zero-order chi connectivity index (χ0) is 15.2. The summed E-state index contributed by atoms with van der Waals surface area (Å²) in [5, 5.41) is 2.97. The van der Waals surface area contributed by atoms with Gasteiger partial charge in [-0.25, -0.2) is 0 Å². The summed E-state index contributed by atoms with van der Waals surface area (Å²) in [5.74, 6) is 1.60. The van der Waals surface area contributed by atoms with E-state index in [1.165, 1.54) is 0 Å². The van der Waals surface area contributed by atoms with Gasteiger partial charge in [-0.3, -0.25) is 4.79 Å². The zero-order valence-corrected chi connectivity index (χ0v) is 12.7. The lowest BCUT2D eigenvalue weighted by Gasteiger charge is -2.29. The van der Waals surface area contributed by atoms with Crippen LogP contribution in [0.5, 0.6) is 11.5 Å². The first-order valence-corrected chi connectivity index (χ1v) is 7.42. The Hall–Kier alpha value is -1.75. The van der Waals surface area contributed by atoms with Gasteiger partial charge < -0.3 is 20.5 Å². The molecule has 1 aliphatic carbocycles. The van der Waals surface area contributed by atoms with E-state index >= 15 is 0 Å². The molecule has 1 saturated carbocycles. The Morgan fingerprint density at radius 1 is 1.29 bits per heavy atom. The number of benzene rings is 1. The van der Waals surface area contributed by atoms with Gasteiger partial charge in [0.1, 0.15) is 11.5 Å². The maximum Gasteiger partial charge on any atom is 0.227 e. The molecule has 21 heavy (non-hydrogen) atoms. The molecule has 0 bridgehead atoms. The van der Waals surface area contributed by atoms with E-state index in [1.54, 1.807) is 32.4 Å². The van der Waals surface area contributed by atoms with Crippen LogP contribution in [0.25, 0.3) is 0 Å². The molecule has 3 N–H and O–H groups in total. The average Bonchev–Trinajstić information content (AvgIpc) is 2.54. The number of rotatable bonds is 5. The highest BCUT2D eigenvalue weighted by atomic mass is 16.5. The standard InChI is InChI=1S/C16H24N2O3/c1-20-12-7-8-15(21-2)14(9-12)18-16(19)13-6-4-3-5-11(13)10-17/h7-9,11,13H,3-6,10,17H2,1-2H3,(H,18,19). The number of methoxy groups -OCH3 is 2. The summed E-state index contributed by atoms with van der Waals surface area (Å²) in [7, 11) is 3.18. The average molecular weight is 292 g/mol. The van der Waals surface area contributed by atoms with E-state index in [4.69, 9.17) is 15.2 Å². The molecule has 2 atom stereocenters. The molecule has 0 saturated heterocycles. The van der Waals surface area contributed by atoms with Crippen LogP contribution in [0.2, 0.25) is 0 Å². The minimum absolute atomic E-state index is 0.0142. The molecule has 1 aromatic carbocycles. The number of amides is 1. The van der Waals surface area contributed by atoms with Crippen molar-refractivity contribution in [3.05, 3.63) is 18.2 Å². The van der Waals surface area contributed by atoms with Crippen molar-refractivity contribution in [1.29, 1.82) is 0 Å². The second kappa shape index (κ2) is 7.31. The lowest BCUT2D eigenvalue weighted by atomic mass is 9.78. The van der Waals surface area contributed by atoms with Crippen LogP contribution in [0.3, 0.4) is 0 Å². The van der Waals surface area contributed by atoms with Gasteiger partial charge in [0.2, 0.25) is 5.91 Å². The quantitative estimate of drug-likeness (QED) is 0.874. The molecule has 5 heteroatoms. The van der Waals surface area contributed by atoms with Crippen molar-refractivity contribution in [2.24, 2.45) is 17.6 Å². The Bertz CT molecular complexity index is 490. The van der Waals surface area contributed by atoms with Crippen molar-refractivity contribution in [1.82, 2.24) is 0 Å². The van der Waals surface area contributed by atoms with Crippen LogP contribution in [0, 0.1) is 11.8 Å². The van der Waals surface area contributed by atoms with Gasteiger partial charge in [-0.2, -0.15) is 0 Å². The van der Waals surface area contributed by atoms with Crippen LogP contribution in [0.15, 0.2) is 18.2 Å². The number of ether oxygens (including phenoxy) is 2. The number of nitrogens with two attached hydrogens (primary N) is 1. The summed E-state index contributed by atoms with van der Waals surface area (Å²) in [6, 6.07) is 5.37. The summed E-state index contributed by atoms with van der Waals surface area (Å²) in [5.41, 5.74) is 6.44. The Morgan fingerprint density at radius 2 is 2.05 bits per heavy atom. The fourth-order valence-corrected chi connectivity index (χ4v) is 2.97. The van der Waals surface area contributed by atoms with E-state index < -0.39 is 0 Å². The largest absolute Gasteiger partial charge is 0.497 e. The summed E-state index contributed by atoms with van der Waals surface area (Å²) in [6.45, 7) is 0.563. The van der Waals surface area contributed by atoms with Gasteiger partial charge in [0.25, 0.3) is 0 Å². The van der Waals surface area contributed by atoms with Gasteiger partial charge in [0.15, 0.2) is 0 Å². The summed E-state index contributed by atoms with van der Waals surface area (Å²) in [4.78, 5) is 12.5. The van der Waals surface area contributed by atoms with Crippen LogP contribution in [0.1, 0.15) is 25.7 Å². The third-order valence-corrected chi connectivity index (χ3v) is 4.21. The molecule has 0 heterocycles. The van der Waals surface area contributed by atoms with E-state index in [0.717, 1.165) is 25.7 Å². The van der Waals surface area contributed by atoms with Crippen molar-refractivity contribution in [3.8, 4) is 11.5 Å². The number of nitrogens with one attached hydrogen (secondary N) is 1. The lowest BCUT2D eigenvalue weighted by molar-refractivity contribution is -0.122. The number of anilines is 1. The summed E-state index contributed by atoms with van der Waals surface area (Å²) < 4.78 is 10.5. The first kappa shape index (κ1) is 15.6. The summed E-state index contributed by atoms with van der Waals surface area (Å²) >= 11 is 0. The summed E-state index contributed by atoms with van der Waals surface area (Å²) in [6.07, 6.45) is 4.18. The van der Waals surface area contributed by atoms with Crippen LogP contribution >= 0.6 is 0 Å². The minimum Gasteiger partial charge on any atom is -0.497 e. The third-order valence-electron chi connectivity index (χ3n) is 4.21. The molecular weight excluding hydrogens is 268 g/mol. The van der Waals surface area contributed by atoms with Crippen LogP contribution < -0.4 is 20.5 Å². The second-order valence-electron chi connectivity index (χ2n) is 5.44. The Balaban J connectivity index is 2.14. The monoisotopic (exact) mass is 292 g/mol. The number of hydrogen-bond donors (Lipinski definition) is 2. The molecule has 116 valence electrons. The zero-order valence-electron chi connectivity index (χ0n) is 12.7. The van der Waals surface area contributed by atoms with Gasteiger partial charge in [-0.1, -0.05) is 12.8 Å². The van der Waals surface area contributed by atoms with Crippen molar-refractivity contribution in [2.45, 2.75) is 25.7 Å². The topological polar surface area (TPSA) is 73.6 Å². The first-order chi connectivity index (χ1) is 10.2. The maximum atomic E-state index is 12.5. The van der Waals surface area contributed by atoms with E-state index in [2.05, 4.69) is 5.32 Å². The fourth-order valence-electron chi connectivity index (χ4n) is 2.97. The number of carbonyl (C=O) groups excluding carboxylic acids is 1. The molecule has 1 aromatic rings. The highest BCUT2D eigenvalue weighted by molar-refractivity contribution is 5.94. The molecule has 0 spiro atoms. The van der Waals surface area contributed by atoms with Crippen LogP contribution in [0.4, 0.5) is 5.69 Å². The van der Waals surface area contributed by atoms with Crippen molar-refractivity contribution < 1.29 is 14.3 Å². The normalized spacial score (nSPS) is 21.7. The van der Waals surface area contributed by atoms with Crippen LogP contribution in [-0.4, -0.2) is 26.7 Å². The molecule has 0 radical (unpaired) electrons. The molecule has 1 aliphatic rings. The number of carbonyl (C=O) groups is 1. The van der Waals surface area contributed by atoms with Gasteiger partial charge in [0.05, 0.1) is 19.9 Å². The van der Waals surface area contributed by atoms with E-state index in [9.17, 15) is 4.79 Å². The van der Waals surface area contributed by atoms with E-state index in [-0.39, 0.29) is 17.7 Å². The van der Waals surface area contributed by atoms with Gasteiger partial charge in [-0.05, 0) is 37.4 Å². The van der Waals surface area contributed by atoms with Crippen molar-refractivity contribution in [3.63, 3.8) is 0 Å². The van der Waals surface area contributed by atoms with Gasteiger partial charge >= 0.3 is 0 Å². The molecular formula is C16H24N2O3. The first-order valence-electron chi connectivity index (χ1n) is 7.42. The highest BCUT2D eigenvalue weighted by Crippen LogP contribution is 2.33. The Morgan fingerprint density at radius 3 is 2.71 bits per heavy atom. The van der Waals surface area contributed by atoms with E-state index in [1.807, 2.05) is 0 Å². The Kier molecular flexibility index (Phi) is 5.44. The molecule has 0 aliphatic heterocycles. The van der Waals surface area contributed by atoms with Crippen molar-refractivity contribution in [2.75, 3.05) is 26.1 Å². The lowest BCUT2D eigenvalue weighted by Crippen LogP contribution is -2.35. The molecule has 5 nitrogen and oxygen atoms in total. The minimum atomic E-state index is -0.0142. The molecule has 0 aromatic heterocycles. The predicted octanol–water partition coefficient (Wildman–Crippen LogP) is 2.41. The highest BCUT2D eigenvalue weighted by Gasteiger charge is 2.30. The van der Waals surface area contributed by atoms with E-state index in [0.29, 0.717) is 23.7 Å². The SMILES string of the molecule is COc1ccc(OC)c(NC(=O)C2CCCCC2CN)c1.